The van der Waals surface area contributed by atoms with Crippen LogP contribution in [-0.2, 0) is 0 Å². The summed E-state index contributed by atoms with van der Waals surface area (Å²) in [4.78, 5) is 23.1. The Hall–Kier alpha value is -2.37. The summed E-state index contributed by atoms with van der Waals surface area (Å²) in [6.07, 6.45) is 5.64. The molecule has 0 fully saturated rings. The van der Waals surface area contributed by atoms with Gasteiger partial charge in [-0.2, -0.15) is 0 Å². The number of rotatable bonds is 4. The molecule has 1 amide bonds. The lowest BCUT2D eigenvalue weighted by Crippen LogP contribution is -2.30. The molecule has 6 nitrogen and oxygen atoms in total. The maximum Gasteiger partial charge on any atom is 0.272 e. The smallest absolute Gasteiger partial charge is 0.272 e. The average molecular weight is 245 g/mol. The average Bonchev–Trinajstić information content (AvgIpc) is 2.90. The van der Waals surface area contributed by atoms with Gasteiger partial charge in [-0.15, -0.1) is 0 Å². The molecule has 2 aromatic heterocycles. The second kappa shape index (κ2) is 5.31. The van der Waals surface area contributed by atoms with Crippen molar-refractivity contribution in [1.82, 2.24) is 20.3 Å². The first-order valence-electron chi connectivity index (χ1n) is 5.73. The molecule has 18 heavy (non-hydrogen) atoms. The van der Waals surface area contributed by atoms with Gasteiger partial charge in [0.2, 0.25) is 0 Å². The number of hydrogen-bond acceptors (Lipinski definition) is 4. The third-order valence-corrected chi connectivity index (χ3v) is 2.62. The van der Waals surface area contributed by atoms with E-state index in [1.165, 1.54) is 0 Å². The molecule has 0 bridgehead atoms. The van der Waals surface area contributed by atoms with Crippen LogP contribution in [0, 0.1) is 0 Å². The number of nitrogens with zero attached hydrogens (tertiary/aromatic N) is 2. The minimum atomic E-state index is -0.295. The number of hydrogen-bond donors (Lipinski definition) is 3. The van der Waals surface area contributed by atoms with E-state index in [2.05, 4.69) is 20.3 Å². The largest absolute Gasteiger partial charge is 0.397 e. The van der Waals surface area contributed by atoms with Gasteiger partial charge in [-0.05, 0) is 18.6 Å². The molecule has 6 heteroatoms. The quantitative estimate of drug-likeness (QED) is 0.755. The van der Waals surface area contributed by atoms with Crippen molar-refractivity contribution >= 4 is 11.6 Å². The minimum absolute atomic E-state index is 0.172. The summed E-state index contributed by atoms with van der Waals surface area (Å²) in [6.45, 7) is 1.97. The molecule has 94 valence electrons. The van der Waals surface area contributed by atoms with Crippen LogP contribution in [0.4, 0.5) is 5.69 Å². The summed E-state index contributed by atoms with van der Waals surface area (Å²) in [6, 6.07) is 3.17. The zero-order valence-electron chi connectivity index (χ0n) is 10.1. The number of imidazole rings is 1. The van der Waals surface area contributed by atoms with Gasteiger partial charge in [-0.25, -0.2) is 9.97 Å². The molecule has 0 aromatic carbocycles. The van der Waals surface area contributed by atoms with Crippen LogP contribution >= 0.6 is 0 Å². The lowest BCUT2D eigenvalue weighted by Gasteiger charge is -2.14. The predicted octanol–water partition coefficient (Wildman–Crippen LogP) is 1.27. The standard InChI is InChI=1S/C12H15N5O/c1-2-9(11-15-6-7-16-11)17-12(18)10-8(13)4-3-5-14-10/h3-7,9H,2,13H2,1H3,(H,15,16)(H,17,18). The number of anilines is 1. The molecule has 1 atom stereocenters. The number of nitrogens with two attached hydrogens (primary N) is 1. The van der Waals surface area contributed by atoms with Gasteiger partial charge in [-0.3, -0.25) is 4.79 Å². The van der Waals surface area contributed by atoms with Crippen molar-refractivity contribution in [2.45, 2.75) is 19.4 Å². The normalized spacial score (nSPS) is 12.1. The minimum Gasteiger partial charge on any atom is -0.397 e. The van der Waals surface area contributed by atoms with Gasteiger partial charge in [-0.1, -0.05) is 6.92 Å². The van der Waals surface area contributed by atoms with Crippen LogP contribution in [0.2, 0.25) is 0 Å². The third kappa shape index (κ3) is 2.48. The number of carbonyl (C=O) groups excluding carboxylic acids is 1. The number of aromatic nitrogens is 3. The zero-order valence-corrected chi connectivity index (χ0v) is 10.1. The van der Waals surface area contributed by atoms with Crippen LogP contribution in [-0.4, -0.2) is 20.9 Å². The van der Waals surface area contributed by atoms with Gasteiger partial charge in [0.1, 0.15) is 5.82 Å². The van der Waals surface area contributed by atoms with Crippen molar-refractivity contribution in [1.29, 1.82) is 0 Å². The Balaban J connectivity index is 2.14. The van der Waals surface area contributed by atoms with E-state index in [1.807, 2.05) is 6.92 Å². The molecule has 0 radical (unpaired) electrons. The van der Waals surface area contributed by atoms with E-state index in [-0.39, 0.29) is 17.6 Å². The molecule has 1 unspecified atom stereocenters. The summed E-state index contributed by atoms with van der Waals surface area (Å²) < 4.78 is 0. The van der Waals surface area contributed by atoms with Crippen LogP contribution in [0.5, 0.6) is 0 Å². The van der Waals surface area contributed by atoms with Crippen molar-refractivity contribution < 1.29 is 4.79 Å². The lowest BCUT2D eigenvalue weighted by atomic mass is 10.2. The van der Waals surface area contributed by atoms with Gasteiger partial charge < -0.3 is 16.0 Å². The lowest BCUT2D eigenvalue weighted by molar-refractivity contribution is 0.0930. The SMILES string of the molecule is CCC(NC(=O)c1ncccc1N)c1ncc[nH]1. The highest BCUT2D eigenvalue weighted by Gasteiger charge is 2.18. The number of carbonyl (C=O) groups is 1. The van der Waals surface area contributed by atoms with Crippen molar-refractivity contribution in [2.24, 2.45) is 0 Å². The molecule has 0 spiro atoms. The molecule has 2 rings (SSSR count). The summed E-state index contributed by atoms with van der Waals surface area (Å²) in [5.41, 5.74) is 6.31. The topological polar surface area (TPSA) is 96.7 Å². The van der Waals surface area contributed by atoms with Crippen molar-refractivity contribution in [3.63, 3.8) is 0 Å². The van der Waals surface area contributed by atoms with Crippen LogP contribution in [0.3, 0.4) is 0 Å². The first-order valence-corrected chi connectivity index (χ1v) is 5.73. The van der Waals surface area contributed by atoms with E-state index >= 15 is 0 Å². The molecule has 2 heterocycles. The van der Waals surface area contributed by atoms with Crippen LogP contribution in [0.25, 0.3) is 0 Å². The Morgan fingerprint density at radius 2 is 2.33 bits per heavy atom. The monoisotopic (exact) mass is 245 g/mol. The van der Waals surface area contributed by atoms with Gasteiger partial charge in [0.05, 0.1) is 11.7 Å². The van der Waals surface area contributed by atoms with E-state index < -0.39 is 0 Å². The van der Waals surface area contributed by atoms with Gasteiger partial charge in [0.25, 0.3) is 5.91 Å². The highest BCUT2D eigenvalue weighted by molar-refractivity contribution is 5.97. The summed E-state index contributed by atoms with van der Waals surface area (Å²) in [5.74, 6) is 0.428. The number of aromatic amines is 1. The molecule has 2 aromatic rings. The molecule has 0 aliphatic rings. The summed E-state index contributed by atoms with van der Waals surface area (Å²) >= 11 is 0. The van der Waals surface area contributed by atoms with E-state index in [0.717, 1.165) is 12.2 Å². The fourth-order valence-electron chi connectivity index (χ4n) is 1.67. The van der Waals surface area contributed by atoms with Gasteiger partial charge in [0, 0.05) is 18.6 Å². The molecule has 0 aliphatic heterocycles. The number of nitrogens with one attached hydrogen (secondary N) is 2. The molecule has 0 aliphatic carbocycles. The van der Waals surface area contributed by atoms with E-state index in [0.29, 0.717) is 5.69 Å². The zero-order chi connectivity index (χ0) is 13.0. The molecule has 4 N–H and O–H groups in total. The highest BCUT2D eigenvalue weighted by Crippen LogP contribution is 2.14. The second-order valence-electron chi connectivity index (χ2n) is 3.85. The van der Waals surface area contributed by atoms with Crippen LogP contribution in [0.1, 0.15) is 35.7 Å². The Morgan fingerprint density at radius 3 is 2.94 bits per heavy atom. The highest BCUT2D eigenvalue weighted by atomic mass is 16.2. The maximum absolute atomic E-state index is 12.0. The van der Waals surface area contributed by atoms with Crippen LogP contribution in [0.15, 0.2) is 30.7 Å². The predicted molar refractivity (Wildman–Crippen MR) is 67.7 cm³/mol. The first-order chi connectivity index (χ1) is 8.72. The van der Waals surface area contributed by atoms with E-state index in [4.69, 9.17) is 5.73 Å². The summed E-state index contributed by atoms with van der Waals surface area (Å²) in [5, 5.41) is 2.85. The van der Waals surface area contributed by atoms with Crippen molar-refractivity contribution in [3.8, 4) is 0 Å². The summed E-state index contributed by atoms with van der Waals surface area (Å²) in [7, 11) is 0. The maximum atomic E-state index is 12.0. The molecular weight excluding hydrogens is 230 g/mol. The molecule has 0 saturated carbocycles. The van der Waals surface area contributed by atoms with E-state index in [9.17, 15) is 4.79 Å². The number of nitrogen functional groups attached to an aromatic ring is 1. The van der Waals surface area contributed by atoms with Crippen molar-refractivity contribution in [3.05, 3.63) is 42.2 Å². The fraction of sp³-hybridized carbons (Fsp3) is 0.250. The Labute approximate surface area is 105 Å². The second-order valence-corrected chi connectivity index (χ2v) is 3.85. The number of H-pyrrole nitrogens is 1. The van der Waals surface area contributed by atoms with E-state index in [1.54, 1.807) is 30.7 Å². The number of pyridine rings is 1. The molecular formula is C12H15N5O. The Morgan fingerprint density at radius 1 is 1.50 bits per heavy atom. The fourth-order valence-corrected chi connectivity index (χ4v) is 1.67. The number of amides is 1. The van der Waals surface area contributed by atoms with Gasteiger partial charge in [0.15, 0.2) is 5.69 Å². The molecule has 0 saturated heterocycles. The van der Waals surface area contributed by atoms with Gasteiger partial charge >= 0.3 is 0 Å². The Kier molecular flexibility index (Phi) is 3.57. The Bertz CT molecular complexity index is 523. The third-order valence-electron chi connectivity index (χ3n) is 2.62. The first kappa shape index (κ1) is 12.1. The van der Waals surface area contributed by atoms with Crippen molar-refractivity contribution in [2.75, 3.05) is 5.73 Å². The van der Waals surface area contributed by atoms with Crippen LogP contribution < -0.4 is 11.1 Å².